The molecular formula is C30H33ClN4O2. The van der Waals surface area contributed by atoms with Gasteiger partial charge in [0.05, 0.1) is 10.7 Å². The van der Waals surface area contributed by atoms with Crippen LogP contribution in [0.15, 0.2) is 72.9 Å². The Hall–Kier alpha value is -3.64. The largest absolute Gasteiger partial charge is 0.382 e. The number of nitrogens with zero attached hydrogens (tertiary/aromatic N) is 2. The van der Waals surface area contributed by atoms with Gasteiger partial charge < -0.3 is 15.5 Å². The molecule has 6 nitrogen and oxygen atoms in total. The predicted octanol–water partition coefficient (Wildman–Crippen LogP) is 6.64. The monoisotopic (exact) mass is 516 g/mol. The van der Waals surface area contributed by atoms with Crippen molar-refractivity contribution in [3.63, 3.8) is 0 Å². The van der Waals surface area contributed by atoms with Crippen molar-refractivity contribution in [2.75, 3.05) is 10.6 Å². The van der Waals surface area contributed by atoms with Gasteiger partial charge in [-0.2, -0.15) is 0 Å². The summed E-state index contributed by atoms with van der Waals surface area (Å²) in [7, 11) is 0. The maximum absolute atomic E-state index is 13.5. The Kier molecular flexibility index (Phi) is 8.62. The lowest BCUT2D eigenvalue weighted by Crippen LogP contribution is -2.53. The Balaban J connectivity index is 1.56. The quantitative estimate of drug-likeness (QED) is 0.345. The summed E-state index contributed by atoms with van der Waals surface area (Å²) in [6.45, 7) is 5.68. The fourth-order valence-corrected chi connectivity index (χ4v) is 5.32. The number of piperidine rings is 1. The van der Waals surface area contributed by atoms with Crippen LogP contribution in [-0.4, -0.2) is 39.8 Å². The van der Waals surface area contributed by atoms with Crippen molar-refractivity contribution < 1.29 is 9.59 Å². The highest BCUT2D eigenvalue weighted by atomic mass is 35.5. The summed E-state index contributed by atoms with van der Waals surface area (Å²) >= 11 is 6.54. The molecule has 0 saturated carbocycles. The average Bonchev–Trinajstić information content (AvgIpc) is 2.88. The number of hydrogen-bond acceptors (Lipinski definition) is 4. The van der Waals surface area contributed by atoms with Crippen LogP contribution in [0.2, 0.25) is 5.02 Å². The summed E-state index contributed by atoms with van der Waals surface area (Å²) < 4.78 is 0. The summed E-state index contributed by atoms with van der Waals surface area (Å²) in [5.74, 6) is -0.254. The van der Waals surface area contributed by atoms with Crippen molar-refractivity contribution >= 4 is 40.9 Å². The van der Waals surface area contributed by atoms with E-state index in [1.807, 2.05) is 47.4 Å². The number of likely N-dealkylation sites (tertiary alicyclic amines) is 1. The molecule has 0 radical (unpaired) electrons. The summed E-state index contributed by atoms with van der Waals surface area (Å²) in [5.41, 5.74) is 3.79. The lowest BCUT2D eigenvalue weighted by atomic mass is 9.90. The number of aromatic nitrogens is 1. The van der Waals surface area contributed by atoms with E-state index in [4.69, 9.17) is 11.6 Å². The zero-order valence-corrected chi connectivity index (χ0v) is 22.2. The third kappa shape index (κ3) is 6.57. The van der Waals surface area contributed by atoms with Gasteiger partial charge in [0.1, 0.15) is 0 Å². The van der Waals surface area contributed by atoms with Crippen LogP contribution in [0.25, 0.3) is 17.3 Å². The number of halogens is 1. The predicted molar refractivity (Wildman–Crippen MR) is 151 cm³/mol. The molecule has 0 spiro atoms. The number of para-hydroxylation sites is 1. The van der Waals surface area contributed by atoms with Crippen molar-refractivity contribution in [2.45, 2.75) is 58.2 Å². The van der Waals surface area contributed by atoms with Crippen LogP contribution < -0.4 is 10.6 Å². The van der Waals surface area contributed by atoms with Crippen molar-refractivity contribution in [1.82, 2.24) is 9.88 Å². The fourth-order valence-electron chi connectivity index (χ4n) is 5.06. The van der Waals surface area contributed by atoms with Crippen LogP contribution in [0.3, 0.4) is 0 Å². The molecule has 192 valence electrons. The molecule has 3 aromatic rings. The molecule has 1 aliphatic heterocycles. The minimum atomic E-state index is -0.213. The molecule has 1 saturated heterocycles. The van der Waals surface area contributed by atoms with Gasteiger partial charge in [0.25, 0.3) is 0 Å². The Morgan fingerprint density at radius 3 is 2.54 bits per heavy atom. The molecule has 2 aromatic carbocycles. The molecule has 1 fully saturated rings. The molecule has 1 aromatic heterocycles. The first kappa shape index (κ1) is 26.4. The molecule has 0 bridgehead atoms. The van der Waals surface area contributed by atoms with E-state index < -0.39 is 0 Å². The van der Waals surface area contributed by atoms with Crippen LogP contribution in [-0.2, 0) is 9.59 Å². The lowest BCUT2D eigenvalue weighted by Gasteiger charge is -2.44. The Bertz CT molecular complexity index is 1260. The number of hydrogen-bond donors (Lipinski definition) is 2. The third-order valence-electron chi connectivity index (χ3n) is 6.72. The number of benzene rings is 2. The Morgan fingerprint density at radius 2 is 1.86 bits per heavy atom. The fraction of sp³-hybridized carbons (Fsp3) is 0.300. The molecule has 1 aliphatic rings. The highest BCUT2D eigenvalue weighted by Gasteiger charge is 2.34. The topological polar surface area (TPSA) is 74.3 Å². The van der Waals surface area contributed by atoms with Crippen LogP contribution in [0.5, 0.6) is 0 Å². The van der Waals surface area contributed by atoms with Crippen LogP contribution in [0, 0.1) is 0 Å². The van der Waals surface area contributed by atoms with E-state index in [1.54, 1.807) is 24.4 Å². The van der Waals surface area contributed by atoms with E-state index >= 15 is 0 Å². The highest BCUT2D eigenvalue weighted by Crippen LogP contribution is 2.33. The zero-order valence-electron chi connectivity index (χ0n) is 21.4. The van der Waals surface area contributed by atoms with E-state index in [2.05, 4.69) is 41.6 Å². The molecule has 4 rings (SSSR count). The first-order chi connectivity index (χ1) is 17.9. The lowest BCUT2D eigenvalue weighted by molar-refractivity contribution is -0.132. The number of nitrogens with one attached hydrogen (secondary N) is 2. The first-order valence-electron chi connectivity index (χ1n) is 12.7. The second kappa shape index (κ2) is 12.1. The van der Waals surface area contributed by atoms with E-state index in [-0.39, 0.29) is 23.9 Å². The second-order valence-electron chi connectivity index (χ2n) is 9.48. The van der Waals surface area contributed by atoms with Gasteiger partial charge in [0.2, 0.25) is 11.8 Å². The SMILES string of the molecule is CCC1CC(Nc2ccccc2)CC(C)N1C(=O)/C=C/c1cc(-c2ccccn2)c(Cl)cc1NC(C)=O. The summed E-state index contributed by atoms with van der Waals surface area (Å²) in [6, 6.07) is 19.9. The molecule has 2 heterocycles. The first-order valence-corrected chi connectivity index (χ1v) is 13.1. The minimum Gasteiger partial charge on any atom is -0.382 e. The smallest absolute Gasteiger partial charge is 0.247 e. The summed E-state index contributed by atoms with van der Waals surface area (Å²) in [6.07, 6.45) is 7.68. The maximum Gasteiger partial charge on any atom is 0.247 e. The van der Waals surface area contributed by atoms with Gasteiger partial charge in [0.15, 0.2) is 0 Å². The van der Waals surface area contributed by atoms with Crippen molar-refractivity contribution in [3.8, 4) is 11.3 Å². The highest BCUT2D eigenvalue weighted by molar-refractivity contribution is 6.33. The molecular weight excluding hydrogens is 484 g/mol. The number of amides is 2. The number of anilines is 2. The van der Waals surface area contributed by atoms with Crippen molar-refractivity contribution in [2.24, 2.45) is 0 Å². The standard InChI is InChI=1S/C30H33ClN4O2/c1-4-25-18-24(34-23-10-6-5-7-11-23)16-20(2)35(25)30(37)14-13-22-17-26(28-12-8-9-15-32-28)27(31)19-29(22)33-21(3)36/h5-15,17,19-20,24-25,34H,4,16,18H2,1-3H3,(H,33,36)/b14-13+. The zero-order chi connectivity index (χ0) is 26.4. The normalized spacial score (nSPS) is 19.6. The van der Waals surface area contributed by atoms with E-state index in [1.165, 1.54) is 6.92 Å². The van der Waals surface area contributed by atoms with Crippen molar-refractivity contribution in [3.05, 3.63) is 83.5 Å². The van der Waals surface area contributed by atoms with E-state index in [0.29, 0.717) is 22.3 Å². The maximum atomic E-state index is 13.5. The molecule has 2 N–H and O–H groups in total. The van der Waals surface area contributed by atoms with Crippen LogP contribution >= 0.6 is 11.6 Å². The van der Waals surface area contributed by atoms with Gasteiger partial charge in [-0.05, 0) is 74.2 Å². The Morgan fingerprint density at radius 1 is 1.11 bits per heavy atom. The van der Waals surface area contributed by atoms with Gasteiger partial charge in [-0.15, -0.1) is 0 Å². The number of carbonyl (C=O) groups is 2. The van der Waals surface area contributed by atoms with Crippen LogP contribution in [0.4, 0.5) is 11.4 Å². The van der Waals surface area contributed by atoms with E-state index in [9.17, 15) is 9.59 Å². The van der Waals surface area contributed by atoms with Gasteiger partial charge in [0, 0.05) is 54.3 Å². The second-order valence-corrected chi connectivity index (χ2v) is 9.89. The van der Waals surface area contributed by atoms with Crippen LogP contribution in [0.1, 0.15) is 45.6 Å². The van der Waals surface area contributed by atoms with Gasteiger partial charge >= 0.3 is 0 Å². The molecule has 2 amide bonds. The number of rotatable bonds is 7. The molecule has 37 heavy (non-hydrogen) atoms. The van der Waals surface area contributed by atoms with Crippen molar-refractivity contribution in [1.29, 1.82) is 0 Å². The number of pyridine rings is 1. The van der Waals surface area contributed by atoms with E-state index in [0.717, 1.165) is 36.2 Å². The third-order valence-corrected chi connectivity index (χ3v) is 7.03. The average molecular weight is 517 g/mol. The van der Waals surface area contributed by atoms with Gasteiger partial charge in [-0.3, -0.25) is 14.6 Å². The minimum absolute atomic E-state index is 0.0411. The molecule has 3 unspecified atom stereocenters. The molecule has 0 aliphatic carbocycles. The van der Waals surface area contributed by atoms with Gasteiger partial charge in [-0.1, -0.05) is 42.8 Å². The molecule has 7 heteroatoms. The summed E-state index contributed by atoms with van der Waals surface area (Å²) in [5, 5.41) is 6.93. The molecule has 3 atom stereocenters. The number of carbonyl (C=O) groups excluding carboxylic acids is 2. The Labute approximate surface area is 223 Å². The summed E-state index contributed by atoms with van der Waals surface area (Å²) in [4.78, 5) is 31.7. The van der Waals surface area contributed by atoms with Gasteiger partial charge in [-0.25, -0.2) is 0 Å².